The van der Waals surface area contributed by atoms with E-state index in [4.69, 9.17) is 4.74 Å². The first-order chi connectivity index (χ1) is 12.5. The number of ether oxygens (including phenoxy) is 1. The van der Waals surface area contributed by atoms with Gasteiger partial charge < -0.3 is 10.1 Å². The van der Waals surface area contributed by atoms with Crippen LogP contribution in [0.2, 0.25) is 0 Å². The number of aromatic nitrogens is 2. The summed E-state index contributed by atoms with van der Waals surface area (Å²) in [6.07, 6.45) is 7.60. The van der Waals surface area contributed by atoms with Gasteiger partial charge in [-0.05, 0) is 50.2 Å². The van der Waals surface area contributed by atoms with E-state index in [0.717, 1.165) is 35.5 Å². The van der Waals surface area contributed by atoms with Crippen molar-refractivity contribution in [3.05, 3.63) is 39.5 Å². The summed E-state index contributed by atoms with van der Waals surface area (Å²) in [6.45, 7) is 6.67. The SMILES string of the molecule is Cc1nc(CC(C)C)sc1C(=O)NCc1ccnc(OC2CCCC2)c1. The predicted molar refractivity (Wildman–Crippen MR) is 104 cm³/mol. The third kappa shape index (κ3) is 5.04. The number of nitrogens with zero attached hydrogens (tertiary/aromatic N) is 2. The molecule has 0 radical (unpaired) electrons. The predicted octanol–water partition coefficient (Wildman–Crippen LogP) is 4.30. The number of hydrogen-bond acceptors (Lipinski definition) is 5. The molecule has 1 N–H and O–H groups in total. The van der Waals surface area contributed by atoms with Crippen molar-refractivity contribution in [3.8, 4) is 5.88 Å². The van der Waals surface area contributed by atoms with Crippen molar-refractivity contribution < 1.29 is 9.53 Å². The summed E-state index contributed by atoms with van der Waals surface area (Å²) in [5.74, 6) is 1.12. The molecule has 3 rings (SSSR count). The number of thiazole rings is 1. The second-order valence-electron chi connectivity index (χ2n) is 7.33. The molecule has 1 aliphatic rings. The maximum Gasteiger partial charge on any atom is 0.263 e. The summed E-state index contributed by atoms with van der Waals surface area (Å²) < 4.78 is 5.94. The monoisotopic (exact) mass is 373 g/mol. The molecule has 1 saturated carbocycles. The second kappa shape index (κ2) is 8.62. The molecule has 1 amide bonds. The topological polar surface area (TPSA) is 64.1 Å². The van der Waals surface area contributed by atoms with Gasteiger partial charge in [0.15, 0.2) is 0 Å². The Morgan fingerprint density at radius 2 is 2.15 bits per heavy atom. The molecule has 0 aliphatic heterocycles. The Morgan fingerprint density at radius 1 is 1.38 bits per heavy atom. The zero-order valence-corrected chi connectivity index (χ0v) is 16.6. The van der Waals surface area contributed by atoms with Crippen molar-refractivity contribution in [3.63, 3.8) is 0 Å². The molecule has 1 aliphatic carbocycles. The molecule has 5 nitrogen and oxygen atoms in total. The number of amides is 1. The smallest absolute Gasteiger partial charge is 0.263 e. The molecule has 0 atom stereocenters. The lowest BCUT2D eigenvalue weighted by Gasteiger charge is -2.12. The lowest BCUT2D eigenvalue weighted by molar-refractivity contribution is 0.0954. The van der Waals surface area contributed by atoms with Gasteiger partial charge in [0, 0.05) is 25.2 Å². The van der Waals surface area contributed by atoms with Crippen LogP contribution >= 0.6 is 11.3 Å². The van der Waals surface area contributed by atoms with E-state index in [1.807, 2.05) is 19.1 Å². The van der Waals surface area contributed by atoms with E-state index in [1.165, 1.54) is 24.2 Å². The van der Waals surface area contributed by atoms with Crippen molar-refractivity contribution in [2.45, 2.75) is 65.5 Å². The Bertz CT molecular complexity index is 751. The van der Waals surface area contributed by atoms with Crippen LogP contribution in [-0.4, -0.2) is 22.0 Å². The molecule has 26 heavy (non-hydrogen) atoms. The summed E-state index contributed by atoms with van der Waals surface area (Å²) in [4.78, 5) is 22.0. The van der Waals surface area contributed by atoms with Crippen molar-refractivity contribution in [1.82, 2.24) is 15.3 Å². The average molecular weight is 374 g/mol. The third-order valence-corrected chi connectivity index (χ3v) is 5.65. The lowest BCUT2D eigenvalue weighted by Crippen LogP contribution is -2.22. The summed E-state index contributed by atoms with van der Waals surface area (Å²) in [7, 11) is 0. The normalized spacial score (nSPS) is 14.8. The molecule has 2 heterocycles. The van der Waals surface area contributed by atoms with Crippen LogP contribution in [0.5, 0.6) is 5.88 Å². The fourth-order valence-corrected chi connectivity index (χ4v) is 4.36. The van der Waals surface area contributed by atoms with Gasteiger partial charge >= 0.3 is 0 Å². The van der Waals surface area contributed by atoms with E-state index in [9.17, 15) is 4.79 Å². The number of nitrogens with one attached hydrogen (secondary N) is 1. The summed E-state index contributed by atoms with van der Waals surface area (Å²) in [6, 6.07) is 3.83. The van der Waals surface area contributed by atoms with Crippen LogP contribution in [0.3, 0.4) is 0 Å². The second-order valence-corrected chi connectivity index (χ2v) is 8.41. The van der Waals surface area contributed by atoms with E-state index in [-0.39, 0.29) is 12.0 Å². The molecule has 0 unspecified atom stereocenters. The minimum absolute atomic E-state index is 0.0647. The number of hydrogen-bond donors (Lipinski definition) is 1. The van der Waals surface area contributed by atoms with E-state index in [0.29, 0.717) is 23.2 Å². The van der Waals surface area contributed by atoms with Crippen LogP contribution in [-0.2, 0) is 13.0 Å². The van der Waals surface area contributed by atoms with E-state index in [1.54, 1.807) is 6.20 Å². The molecule has 0 saturated heterocycles. The highest BCUT2D eigenvalue weighted by molar-refractivity contribution is 7.13. The first-order valence-electron chi connectivity index (χ1n) is 9.37. The first kappa shape index (κ1) is 18.8. The quantitative estimate of drug-likeness (QED) is 0.786. The minimum Gasteiger partial charge on any atom is -0.474 e. The fraction of sp³-hybridized carbons (Fsp3) is 0.550. The zero-order valence-electron chi connectivity index (χ0n) is 15.7. The lowest BCUT2D eigenvalue weighted by atomic mass is 10.1. The summed E-state index contributed by atoms with van der Waals surface area (Å²) in [5.41, 5.74) is 1.80. The maximum absolute atomic E-state index is 12.5. The van der Waals surface area contributed by atoms with Crippen molar-refractivity contribution in [2.24, 2.45) is 5.92 Å². The Balaban J connectivity index is 1.58. The molecule has 1 fully saturated rings. The van der Waals surface area contributed by atoms with Gasteiger partial charge in [-0.2, -0.15) is 0 Å². The van der Waals surface area contributed by atoms with Gasteiger partial charge in [0.1, 0.15) is 11.0 Å². The van der Waals surface area contributed by atoms with Crippen LogP contribution in [0.15, 0.2) is 18.3 Å². The Labute approximate surface area is 159 Å². The van der Waals surface area contributed by atoms with Crippen LogP contribution in [0.25, 0.3) is 0 Å². The number of pyridine rings is 1. The highest BCUT2D eigenvalue weighted by Gasteiger charge is 2.18. The van der Waals surface area contributed by atoms with Crippen LogP contribution < -0.4 is 10.1 Å². The number of aryl methyl sites for hydroxylation is 1. The number of carbonyl (C=O) groups is 1. The molecule has 2 aromatic rings. The molecule has 2 aromatic heterocycles. The molecule has 6 heteroatoms. The molecular formula is C20H27N3O2S. The molecule has 0 bridgehead atoms. The van der Waals surface area contributed by atoms with E-state index < -0.39 is 0 Å². The molecule has 140 valence electrons. The van der Waals surface area contributed by atoms with Gasteiger partial charge in [-0.3, -0.25) is 4.79 Å². The van der Waals surface area contributed by atoms with Gasteiger partial charge in [-0.15, -0.1) is 11.3 Å². The largest absolute Gasteiger partial charge is 0.474 e. The minimum atomic E-state index is -0.0647. The Morgan fingerprint density at radius 3 is 2.88 bits per heavy atom. The highest BCUT2D eigenvalue weighted by atomic mass is 32.1. The molecule has 0 aromatic carbocycles. The third-order valence-electron chi connectivity index (χ3n) is 4.47. The van der Waals surface area contributed by atoms with E-state index in [2.05, 4.69) is 29.1 Å². The van der Waals surface area contributed by atoms with Gasteiger partial charge in [-0.1, -0.05) is 13.8 Å². The van der Waals surface area contributed by atoms with Crippen LogP contribution in [0, 0.1) is 12.8 Å². The zero-order chi connectivity index (χ0) is 18.5. The Kier molecular flexibility index (Phi) is 6.25. The van der Waals surface area contributed by atoms with Crippen LogP contribution in [0.4, 0.5) is 0 Å². The molecular weight excluding hydrogens is 346 g/mol. The fourth-order valence-electron chi connectivity index (χ4n) is 3.16. The summed E-state index contributed by atoms with van der Waals surface area (Å²) >= 11 is 1.50. The average Bonchev–Trinajstić information content (AvgIpc) is 3.22. The maximum atomic E-state index is 12.5. The van der Waals surface area contributed by atoms with Crippen molar-refractivity contribution in [1.29, 1.82) is 0 Å². The standard InChI is InChI=1S/C20H27N3O2S/c1-13(2)10-18-23-14(3)19(26-18)20(24)22-12-15-8-9-21-17(11-15)25-16-6-4-5-7-16/h8-9,11,13,16H,4-7,10,12H2,1-3H3,(H,22,24). The number of rotatable bonds is 7. The van der Waals surface area contributed by atoms with Gasteiger partial charge in [-0.25, -0.2) is 9.97 Å². The van der Waals surface area contributed by atoms with Gasteiger partial charge in [0.2, 0.25) is 5.88 Å². The Hall–Kier alpha value is -1.95. The van der Waals surface area contributed by atoms with Crippen molar-refractivity contribution in [2.75, 3.05) is 0 Å². The van der Waals surface area contributed by atoms with Gasteiger partial charge in [0.05, 0.1) is 10.7 Å². The van der Waals surface area contributed by atoms with Crippen LogP contribution in [0.1, 0.15) is 65.5 Å². The number of carbonyl (C=O) groups excluding carboxylic acids is 1. The van der Waals surface area contributed by atoms with E-state index >= 15 is 0 Å². The summed E-state index contributed by atoms with van der Waals surface area (Å²) in [5, 5.41) is 4.02. The van der Waals surface area contributed by atoms with Crippen molar-refractivity contribution >= 4 is 17.2 Å². The van der Waals surface area contributed by atoms with Gasteiger partial charge in [0.25, 0.3) is 5.91 Å². The first-order valence-corrected chi connectivity index (χ1v) is 10.2. The molecule has 0 spiro atoms. The highest BCUT2D eigenvalue weighted by Crippen LogP contribution is 2.23.